The van der Waals surface area contributed by atoms with Crippen LogP contribution >= 0.6 is 0 Å². The molecule has 0 aromatic heterocycles. The van der Waals surface area contributed by atoms with Crippen LogP contribution in [0.1, 0.15) is 40.7 Å². The van der Waals surface area contributed by atoms with Crippen LogP contribution in [0.5, 0.6) is 5.75 Å². The molecule has 2 aliphatic heterocycles. The van der Waals surface area contributed by atoms with E-state index < -0.39 is 0 Å². The van der Waals surface area contributed by atoms with Gasteiger partial charge in [-0.1, -0.05) is 6.07 Å². The van der Waals surface area contributed by atoms with Gasteiger partial charge in [0.1, 0.15) is 11.4 Å². The molecule has 4 heteroatoms. The minimum absolute atomic E-state index is 0.0408. The molecular weight excluding hydrogens is 254 g/mol. The van der Waals surface area contributed by atoms with E-state index in [1.54, 1.807) is 0 Å². The second kappa shape index (κ2) is 5.09. The molecule has 0 aliphatic carbocycles. The Morgan fingerprint density at radius 2 is 2.05 bits per heavy atom. The second-order valence-corrected chi connectivity index (χ2v) is 5.80. The molecule has 1 N–H and O–H groups in total. The molecule has 108 valence electrons. The van der Waals surface area contributed by atoms with Crippen LogP contribution in [0.4, 0.5) is 0 Å². The fraction of sp³-hybridized carbons (Fsp3) is 0.562. The molecule has 2 aliphatic rings. The Morgan fingerprint density at radius 1 is 1.30 bits per heavy atom. The number of rotatable bonds is 1. The molecule has 0 bridgehead atoms. The molecule has 0 atom stereocenters. The Morgan fingerprint density at radius 3 is 2.75 bits per heavy atom. The first kappa shape index (κ1) is 13.4. The van der Waals surface area contributed by atoms with E-state index in [1.165, 1.54) is 12.7 Å². The largest absolute Gasteiger partial charge is 0.487 e. The summed E-state index contributed by atoms with van der Waals surface area (Å²) < 4.78 is 11.1. The van der Waals surface area contributed by atoms with Crippen LogP contribution in [-0.4, -0.2) is 31.8 Å². The zero-order chi connectivity index (χ0) is 14.2. The van der Waals surface area contributed by atoms with Crippen LogP contribution in [0.15, 0.2) is 12.1 Å². The van der Waals surface area contributed by atoms with E-state index in [-0.39, 0.29) is 11.6 Å². The van der Waals surface area contributed by atoms with Crippen LogP contribution < -0.4 is 10.1 Å². The molecule has 4 nitrogen and oxygen atoms in total. The number of methoxy groups -OCH3 is 1. The van der Waals surface area contributed by atoms with E-state index >= 15 is 0 Å². The summed E-state index contributed by atoms with van der Waals surface area (Å²) in [5, 5.41) is 3.37. The molecular formula is C16H21NO3. The molecule has 0 radical (unpaired) electrons. The van der Waals surface area contributed by atoms with Gasteiger partial charge in [0.25, 0.3) is 0 Å². The van der Waals surface area contributed by atoms with Crippen molar-refractivity contribution in [3.05, 3.63) is 28.8 Å². The first-order chi connectivity index (χ1) is 9.63. The number of ether oxygens (including phenoxy) is 2. The number of hydrogen-bond acceptors (Lipinski definition) is 4. The number of fused-ring (bicyclic) bond motifs is 1. The Labute approximate surface area is 119 Å². The van der Waals surface area contributed by atoms with Gasteiger partial charge < -0.3 is 14.8 Å². The standard InChI is InChI=1S/C16H21NO3/c1-11-9-12-3-4-16(5-7-17-8-6-16)20-14(12)10-13(11)15(18)19-2/h9-10,17H,3-8H2,1-2H3. The molecule has 0 amide bonds. The molecule has 0 saturated carbocycles. The smallest absolute Gasteiger partial charge is 0.338 e. The van der Waals surface area contributed by atoms with E-state index in [0.717, 1.165) is 50.1 Å². The van der Waals surface area contributed by atoms with Gasteiger partial charge in [-0.2, -0.15) is 0 Å². The van der Waals surface area contributed by atoms with Gasteiger partial charge in [-0.25, -0.2) is 4.79 Å². The fourth-order valence-corrected chi connectivity index (χ4v) is 3.25. The third-order valence-electron chi connectivity index (χ3n) is 4.50. The first-order valence-corrected chi connectivity index (χ1v) is 7.25. The summed E-state index contributed by atoms with van der Waals surface area (Å²) in [7, 11) is 1.41. The van der Waals surface area contributed by atoms with Crippen LogP contribution in [-0.2, 0) is 11.2 Å². The zero-order valence-electron chi connectivity index (χ0n) is 12.1. The maximum absolute atomic E-state index is 11.8. The minimum atomic E-state index is -0.293. The van der Waals surface area contributed by atoms with Crippen LogP contribution in [0.25, 0.3) is 0 Å². The molecule has 3 rings (SSSR count). The lowest BCUT2D eigenvalue weighted by molar-refractivity contribution is 0.0167. The monoisotopic (exact) mass is 275 g/mol. The number of hydrogen-bond donors (Lipinski definition) is 1. The number of carbonyl (C=O) groups is 1. The third-order valence-corrected chi connectivity index (χ3v) is 4.50. The van der Waals surface area contributed by atoms with Gasteiger partial charge in [-0.3, -0.25) is 0 Å². The molecule has 20 heavy (non-hydrogen) atoms. The molecule has 1 saturated heterocycles. The van der Waals surface area contributed by atoms with Crippen molar-refractivity contribution in [1.82, 2.24) is 5.32 Å². The zero-order valence-corrected chi connectivity index (χ0v) is 12.1. The number of aryl methyl sites for hydroxylation is 2. The van der Waals surface area contributed by atoms with Crippen molar-refractivity contribution in [1.29, 1.82) is 0 Å². The summed E-state index contributed by atoms with van der Waals surface area (Å²) in [5.41, 5.74) is 2.73. The van der Waals surface area contributed by atoms with Crippen molar-refractivity contribution in [2.75, 3.05) is 20.2 Å². The molecule has 1 aromatic carbocycles. The topological polar surface area (TPSA) is 47.6 Å². The summed E-state index contributed by atoms with van der Waals surface area (Å²) in [5.74, 6) is 0.572. The SMILES string of the molecule is COC(=O)c1cc2c(cc1C)CCC1(CCNCC1)O2. The Kier molecular flexibility index (Phi) is 3.42. The van der Waals surface area contributed by atoms with Crippen LogP contribution in [0.3, 0.4) is 0 Å². The number of nitrogens with one attached hydrogen (secondary N) is 1. The van der Waals surface area contributed by atoms with Gasteiger partial charge in [0.15, 0.2) is 0 Å². The van der Waals surface area contributed by atoms with Crippen molar-refractivity contribution in [2.45, 2.75) is 38.2 Å². The van der Waals surface area contributed by atoms with Gasteiger partial charge in [-0.05, 0) is 62.9 Å². The third kappa shape index (κ3) is 2.29. The maximum atomic E-state index is 11.8. The normalized spacial score (nSPS) is 20.1. The predicted molar refractivity (Wildman–Crippen MR) is 76.3 cm³/mol. The van der Waals surface area contributed by atoms with Gasteiger partial charge >= 0.3 is 5.97 Å². The van der Waals surface area contributed by atoms with E-state index in [9.17, 15) is 4.79 Å². The summed E-state index contributed by atoms with van der Waals surface area (Å²) >= 11 is 0. The number of piperidine rings is 1. The lowest BCUT2D eigenvalue weighted by Gasteiger charge is -2.42. The first-order valence-electron chi connectivity index (χ1n) is 7.25. The highest BCUT2D eigenvalue weighted by molar-refractivity contribution is 5.91. The number of benzene rings is 1. The minimum Gasteiger partial charge on any atom is -0.487 e. The van der Waals surface area contributed by atoms with Gasteiger partial charge in [0.05, 0.1) is 12.7 Å². The Bertz CT molecular complexity index is 533. The van der Waals surface area contributed by atoms with Crippen LogP contribution in [0.2, 0.25) is 0 Å². The molecule has 0 unspecified atom stereocenters. The predicted octanol–water partition coefficient (Wildman–Crippen LogP) is 2.23. The molecule has 2 heterocycles. The van der Waals surface area contributed by atoms with Crippen molar-refractivity contribution >= 4 is 5.97 Å². The summed E-state index contributed by atoms with van der Waals surface area (Å²) in [6.45, 7) is 3.96. The van der Waals surface area contributed by atoms with Gasteiger partial charge in [0, 0.05) is 0 Å². The molecule has 1 fully saturated rings. The van der Waals surface area contributed by atoms with Crippen molar-refractivity contribution in [3.8, 4) is 5.75 Å². The lowest BCUT2D eigenvalue weighted by Crippen LogP contribution is -2.48. The molecule has 1 aromatic rings. The van der Waals surface area contributed by atoms with Crippen molar-refractivity contribution in [2.24, 2.45) is 0 Å². The lowest BCUT2D eigenvalue weighted by atomic mass is 9.83. The number of carbonyl (C=O) groups excluding carboxylic acids is 1. The quantitative estimate of drug-likeness (QED) is 0.798. The molecule has 1 spiro atoms. The van der Waals surface area contributed by atoms with E-state index in [0.29, 0.717) is 5.56 Å². The van der Waals surface area contributed by atoms with E-state index in [4.69, 9.17) is 9.47 Å². The van der Waals surface area contributed by atoms with Gasteiger partial charge in [0.2, 0.25) is 0 Å². The summed E-state index contributed by atoms with van der Waals surface area (Å²) in [6, 6.07) is 3.93. The average Bonchev–Trinajstić information content (AvgIpc) is 2.47. The number of esters is 1. The van der Waals surface area contributed by atoms with E-state index in [2.05, 4.69) is 11.4 Å². The Balaban J connectivity index is 1.93. The van der Waals surface area contributed by atoms with Crippen molar-refractivity contribution in [3.63, 3.8) is 0 Å². The highest BCUT2D eigenvalue weighted by atomic mass is 16.5. The highest BCUT2D eigenvalue weighted by Gasteiger charge is 2.37. The maximum Gasteiger partial charge on any atom is 0.338 e. The fourth-order valence-electron chi connectivity index (χ4n) is 3.25. The average molecular weight is 275 g/mol. The Hall–Kier alpha value is -1.55. The van der Waals surface area contributed by atoms with E-state index in [1.807, 2.05) is 13.0 Å². The van der Waals surface area contributed by atoms with Crippen molar-refractivity contribution < 1.29 is 14.3 Å². The second-order valence-electron chi connectivity index (χ2n) is 5.80. The van der Waals surface area contributed by atoms with Crippen LogP contribution in [0, 0.1) is 6.92 Å². The summed E-state index contributed by atoms with van der Waals surface area (Å²) in [4.78, 5) is 11.8. The van der Waals surface area contributed by atoms with Gasteiger partial charge in [-0.15, -0.1) is 0 Å². The highest BCUT2D eigenvalue weighted by Crippen LogP contribution is 2.39. The summed E-state index contributed by atoms with van der Waals surface area (Å²) in [6.07, 6.45) is 4.16.